The fraction of sp³-hybridized carbons (Fsp3) is 0.667. The highest BCUT2D eigenvalue weighted by molar-refractivity contribution is 5.60. The summed E-state index contributed by atoms with van der Waals surface area (Å²) in [5, 5.41) is 16.9. The molecule has 0 fully saturated rings. The average molecular weight is 282 g/mol. The van der Waals surface area contributed by atoms with Crippen LogP contribution in [0.5, 0.6) is 0 Å². The molecule has 0 radical (unpaired) electrons. The second kappa shape index (κ2) is 6.99. The van der Waals surface area contributed by atoms with Crippen LogP contribution in [0.15, 0.2) is 0 Å². The lowest BCUT2D eigenvalue weighted by molar-refractivity contribution is -0.385. The van der Waals surface area contributed by atoms with Crippen molar-refractivity contribution in [3.63, 3.8) is 0 Å². The number of aryl methyl sites for hydroxylation is 1. The molecule has 0 spiro atoms. The van der Waals surface area contributed by atoms with Crippen LogP contribution in [0.1, 0.15) is 19.5 Å². The van der Waals surface area contributed by atoms with Crippen LogP contribution in [-0.4, -0.2) is 53.0 Å². The number of nitrogens with one attached hydrogen (secondary N) is 2. The summed E-state index contributed by atoms with van der Waals surface area (Å²) >= 11 is 0. The van der Waals surface area contributed by atoms with E-state index < -0.39 is 4.92 Å². The van der Waals surface area contributed by atoms with Crippen LogP contribution in [0.4, 0.5) is 17.5 Å². The Hall–Kier alpha value is -1.96. The van der Waals surface area contributed by atoms with Gasteiger partial charge in [0.25, 0.3) is 0 Å². The van der Waals surface area contributed by atoms with Crippen molar-refractivity contribution in [2.45, 2.75) is 26.8 Å². The minimum Gasteiger partial charge on any atom is -0.363 e. The third kappa shape index (κ3) is 4.02. The first-order valence-electron chi connectivity index (χ1n) is 6.51. The minimum atomic E-state index is -0.455. The zero-order valence-electron chi connectivity index (χ0n) is 12.6. The van der Waals surface area contributed by atoms with E-state index in [1.807, 2.05) is 7.05 Å². The van der Waals surface area contributed by atoms with E-state index in [4.69, 9.17) is 0 Å². The number of nitrogens with zero attached hydrogens (tertiary/aromatic N) is 4. The maximum absolute atomic E-state index is 11.1. The maximum Gasteiger partial charge on any atom is 0.332 e. The maximum atomic E-state index is 11.1. The number of aromatic nitrogens is 2. The Kier molecular flexibility index (Phi) is 5.63. The average Bonchev–Trinajstić information content (AvgIpc) is 2.37. The fourth-order valence-corrected chi connectivity index (χ4v) is 1.63. The second-order valence-electron chi connectivity index (χ2n) is 4.84. The monoisotopic (exact) mass is 282 g/mol. The summed E-state index contributed by atoms with van der Waals surface area (Å²) in [5.41, 5.74) is 0.269. The molecule has 0 aliphatic carbocycles. The molecule has 0 aliphatic heterocycles. The first kappa shape index (κ1) is 16.1. The molecule has 0 atom stereocenters. The Morgan fingerprint density at radius 3 is 2.55 bits per heavy atom. The summed E-state index contributed by atoms with van der Waals surface area (Å²) < 4.78 is 0. The van der Waals surface area contributed by atoms with Gasteiger partial charge in [-0.25, -0.2) is 4.98 Å². The molecule has 1 aromatic heterocycles. The van der Waals surface area contributed by atoms with Gasteiger partial charge in [0.2, 0.25) is 11.8 Å². The zero-order chi connectivity index (χ0) is 15.3. The molecule has 8 nitrogen and oxygen atoms in total. The number of anilines is 2. The second-order valence-corrected chi connectivity index (χ2v) is 4.84. The SMILES string of the molecule is CNc1nc(C)c([N+](=O)[O-])c(NCCN(C)C(C)C)n1. The van der Waals surface area contributed by atoms with Gasteiger partial charge in [0.15, 0.2) is 0 Å². The number of hydrogen-bond donors (Lipinski definition) is 2. The van der Waals surface area contributed by atoms with Crippen LogP contribution in [0, 0.1) is 17.0 Å². The Morgan fingerprint density at radius 1 is 1.40 bits per heavy atom. The number of rotatable bonds is 7. The summed E-state index contributed by atoms with van der Waals surface area (Å²) in [7, 11) is 3.68. The Morgan fingerprint density at radius 2 is 2.05 bits per heavy atom. The summed E-state index contributed by atoms with van der Waals surface area (Å²) in [6.45, 7) is 7.14. The summed E-state index contributed by atoms with van der Waals surface area (Å²) in [6.07, 6.45) is 0. The number of hydrogen-bond acceptors (Lipinski definition) is 7. The quantitative estimate of drug-likeness (QED) is 0.577. The molecule has 0 bridgehead atoms. The zero-order valence-corrected chi connectivity index (χ0v) is 12.6. The molecule has 0 aliphatic rings. The van der Waals surface area contributed by atoms with Crippen molar-refractivity contribution >= 4 is 17.5 Å². The molecule has 1 heterocycles. The van der Waals surface area contributed by atoms with Gasteiger partial charge in [0.05, 0.1) is 4.92 Å². The molecule has 112 valence electrons. The molecule has 0 amide bonds. The van der Waals surface area contributed by atoms with Crippen LogP contribution in [-0.2, 0) is 0 Å². The molecular formula is C12H22N6O2. The van der Waals surface area contributed by atoms with E-state index in [9.17, 15) is 10.1 Å². The molecule has 8 heteroatoms. The molecule has 0 unspecified atom stereocenters. The van der Waals surface area contributed by atoms with Crippen molar-refractivity contribution in [2.24, 2.45) is 0 Å². The number of nitro groups is 1. The van der Waals surface area contributed by atoms with Gasteiger partial charge < -0.3 is 15.5 Å². The van der Waals surface area contributed by atoms with Gasteiger partial charge in [-0.3, -0.25) is 10.1 Å². The lowest BCUT2D eigenvalue weighted by Crippen LogP contribution is -2.31. The number of likely N-dealkylation sites (N-methyl/N-ethyl adjacent to an activating group) is 1. The molecule has 1 rings (SSSR count). The third-order valence-electron chi connectivity index (χ3n) is 3.10. The lowest BCUT2D eigenvalue weighted by atomic mass is 10.3. The van der Waals surface area contributed by atoms with Crippen molar-refractivity contribution in [3.8, 4) is 0 Å². The van der Waals surface area contributed by atoms with E-state index in [1.54, 1.807) is 14.0 Å². The largest absolute Gasteiger partial charge is 0.363 e. The van der Waals surface area contributed by atoms with E-state index in [-0.39, 0.29) is 11.5 Å². The van der Waals surface area contributed by atoms with Crippen LogP contribution >= 0.6 is 0 Å². The first-order valence-corrected chi connectivity index (χ1v) is 6.51. The van der Waals surface area contributed by atoms with Crippen molar-refractivity contribution in [3.05, 3.63) is 15.8 Å². The first-order chi connectivity index (χ1) is 9.36. The van der Waals surface area contributed by atoms with Crippen LogP contribution in [0.3, 0.4) is 0 Å². The topological polar surface area (TPSA) is 96.2 Å². The van der Waals surface area contributed by atoms with Crippen LogP contribution < -0.4 is 10.6 Å². The molecule has 0 aromatic carbocycles. The van der Waals surface area contributed by atoms with Crippen molar-refractivity contribution in [2.75, 3.05) is 37.8 Å². The molecule has 0 saturated carbocycles. The highest BCUT2D eigenvalue weighted by atomic mass is 16.6. The Bertz CT molecular complexity index is 477. The summed E-state index contributed by atoms with van der Waals surface area (Å²) in [5.74, 6) is 0.622. The van der Waals surface area contributed by atoms with Gasteiger partial charge in [-0.15, -0.1) is 0 Å². The molecule has 1 aromatic rings. The molecule has 2 N–H and O–H groups in total. The van der Waals surface area contributed by atoms with Gasteiger partial charge in [-0.1, -0.05) is 0 Å². The summed E-state index contributed by atoms with van der Waals surface area (Å²) in [6, 6.07) is 0.423. The van der Waals surface area contributed by atoms with Gasteiger partial charge in [-0.2, -0.15) is 4.98 Å². The van der Waals surface area contributed by atoms with Gasteiger partial charge >= 0.3 is 5.69 Å². The van der Waals surface area contributed by atoms with Crippen LogP contribution in [0.25, 0.3) is 0 Å². The third-order valence-corrected chi connectivity index (χ3v) is 3.10. The molecule has 20 heavy (non-hydrogen) atoms. The molecule has 0 saturated heterocycles. The van der Waals surface area contributed by atoms with E-state index in [1.165, 1.54) is 0 Å². The normalized spacial score (nSPS) is 10.9. The predicted molar refractivity (Wildman–Crippen MR) is 79.2 cm³/mol. The van der Waals surface area contributed by atoms with Gasteiger partial charge in [0, 0.05) is 26.2 Å². The summed E-state index contributed by atoms with van der Waals surface area (Å²) in [4.78, 5) is 20.9. The highest BCUT2D eigenvalue weighted by Gasteiger charge is 2.21. The lowest BCUT2D eigenvalue weighted by Gasteiger charge is -2.21. The Balaban J connectivity index is 2.87. The van der Waals surface area contributed by atoms with Crippen molar-refractivity contribution < 1.29 is 4.92 Å². The van der Waals surface area contributed by atoms with E-state index in [2.05, 4.69) is 39.3 Å². The Labute approximate surface area is 118 Å². The van der Waals surface area contributed by atoms with Crippen LogP contribution in [0.2, 0.25) is 0 Å². The van der Waals surface area contributed by atoms with Gasteiger partial charge in [-0.05, 0) is 27.8 Å². The van der Waals surface area contributed by atoms with Crippen molar-refractivity contribution in [1.82, 2.24) is 14.9 Å². The molecular weight excluding hydrogens is 260 g/mol. The highest BCUT2D eigenvalue weighted by Crippen LogP contribution is 2.26. The standard InChI is InChI=1S/C12H22N6O2/c1-8(2)17(5)7-6-14-11-10(18(19)20)9(3)15-12(13-4)16-11/h8H,6-7H2,1-5H3,(H2,13,14,15,16). The smallest absolute Gasteiger partial charge is 0.332 e. The van der Waals surface area contributed by atoms with E-state index >= 15 is 0 Å². The van der Waals surface area contributed by atoms with E-state index in [0.717, 1.165) is 6.54 Å². The van der Waals surface area contributed by atoms with E-state index in [0.29, 0.717) is 24.2 Å². The predicted octanol–water partition coefficient (Wildman–Crippen LogP) is 1.49. The van der Waals surface area contributed by atoms with Gasteiger partial charge in [0.1, 0.15) is 5.69 Å². The fourth-order valence-electron chi connectivity index (χ4n) is 1.63. The minimum absolute atomic E-state index is 0.0730. The van der Waals surface area contributed by atoms with Crippen molar-refractivity contribution in [1.29, 1.82) is 0 Å².